The molecule has 0 aliphatic rings. The van der Waals surface area contributed by atoms with Crippen LogP contribution in [0.2, 0.25) is 0 Å². The lowest BCUT2D eigenvalue weighted by molar-refractivity contribution is -0.138. The van der Waals surface area contributed by atoms with E-state index in [9.17, 15) is 57.5 Å². The Morgan fingerprint density at radius 2 is 0.895 bits per heavy atom. The van der Waals surface area contributed by atoms with Crippen molar-refractivity contribution in [1.29, 1.82) is 0 Å². The largest absolute Gasteiger partial charge is 0.484 e. The molecule has 86 heavy (non-hydrogen) atoms. The van der Waals surface area contributed by atoms with Crippen molar-refractivity contribution in [2.45, 2.75) is 26.9 Å². The van der Waals surface area contributed by atoms with Crippen LogP contribution in [0.15, 0.2) is 153 Å². The third kappa shape index (κ3) is 11.6. The minimum absolute atomic E-state index is 0.000846. The molecule has 26 heteroatoms. The highest BCUT2D eigenvalue weighted by atomic mass is 16.5. The van der Waals surface area contributed by atoms with Crippen LogP contribution in [0.3, 0.4) is 0 Å². The van der Waals surface area contributed by atoms with Gasteiger partial charge in [0.1, 0.15) is 36.2 Å². The number of pyridine rings is 2. The number of nitrogens with one attached hydrogen (secondary N) is 6. The fourth-order valence-corrected chi connectivity index (χ4v) is 9.80. The molecule has 6 aromatic heterocycles. The first-order valence-corrected chi connectivity index (χ1v) is 26.1. The Balaban J connectivity index is 0.701. The number of H-pyrrole nitrogens is 2. The first kappa shape index (κ1) is 57.3. The van der Waals surface area contributed by atoms with E-state index in [0.29, 0.717) is 31.3 Å². The van der Waals surface area contributed by atoms with Gasteiger partial charge in [0.15, 0.2) is 24.8 Å². The minimum Gasteiger partial charge on any atom is -0.484 e. The van der Waals surface area contributed by atoms with E-state index in [1.54, 1.807) is 95.7 Å². The number of ether oxygens (including phenoxy) is 2. The number of ketones is 2. The van der Waals surface area contributed by atoms with E-state index >= 15 is 0 Å². The molecule has 0 atom stereocenters. The molecule has 26 nitrogen and oxygen atoms in total. The topological polar surface area (TPSA) is 362 Å². The average molecular weight is 1170 g/mol. The highest BCUT2D eigenvalue weighted by Gasteiger charge is 2.27. The number of carboxylic acid groups (broad SMARTS) is 2. The van der Waals surface area contributed by atoms with E-state index in [2.05, 4.69) is 31.2 Å². The maximum atomic E-state index is 14.1. The van der Waals surface area contributed by atoms with Gasteiger partial charge in [-0.1, -0.05) is 36.4 Å². The van der Waals surface area contributed by atoms with Crippen LogP contribution in [0.5, 0.6) is 11.5 Å². The summed E-state index contributed by atoms with van der Waals surface area (Å²) in [6, 6.07) is 30.3. The van der Waals surface area contributed by atoms with Crippen molar-refractivity contribution >= 4 is 91.6 Å². The van der Waals surface area contributed by atoms with Crippen molar-refractivity contribution in [3.05, 3.63) is 220 Å². The molecule has 0 saturated heterocycles. The van der Waals surface area contributed by atoms with Gasteiger partial charge in [-0.15, -0.1) is 0 Å². The zero-order valence-corrected chi connectivity index (χ0v) is 45.3. The summed E-state index contributed by atoms with van der Waals surface area (Å²) in [6.45, 7) is 0.736. The number of aliphatic carboxylic acids is 2. The number of hydrogen-bond acceptors (Lipinski definition) is 14. The molecule has 0 aliphatic carbocycles. The maximum Gasteiger partial charge on any atom is 0.329 e. The Hall–Kier alpha value is -12.0. The lowest BCUT2D eigenvalue weighted by atomic mass is 9.99. The molecule has 4 aromatic carbocycles. The number of rotatable bonds is 21. The molecule has 0 radical (unpaired) electrons. The Kier molecular flexibility index (Phi) is 15.9. The molecule has 0 aliphatic heterocycles. The van der Waals surface area contributed by atoms with Gasteiger partial charge in [-0.05, 0) is 98.8 Å². The summed E-state index contributed by atoms with van der Waals surface area (Å²) in [6.07, 6.45) is 3.31. The number of amides is 4. The van der Waals surface area contributed by atoms with Gasteiger partial charge < -0.3 is 59.7 Å². The summed E-state index contributed by atoms with van der Waals surface area (Å²) in [5.41, 5.74) is -0.875. The van der Waals surface area contributed by atoms with Gasteiger partial charge in [0.2, 0.25) is 0 Å². The minimum atomic E-state index is -1.38. The van der Waals surface area contributed by atoms with Crippen LogP contribution in [0, 0.1) is 13.8 Å². The van der Waals surface area contributed by atoms with E-state index in [1.807, 2.05) is 0 Å². The van der Waals surface area contributed by atoms with Gasteiger partial charge in [-0.2, -0.15) is 0 Å². The summed E-state index contributed by atoms with van der Waals surface area (Å²) in [5, 5.41) is 29.3. The van der Waals surface area contributed by atoms with Crippen LogP contribution < -0.4 is 53.2 Å². The van der Waals surface area contributed by atoms with Crippen LogP contribution in [-0.2, 0) is 32.3 Å². The highest BCUT2D eigenvalue weighted by molar-refractivity contribution is 6.18. The second-order valence-electron chi connectivity index (χ2n) is 19.5. The second kappa shape index (κ2) is 23.9. The van der Waals surface area contributed by atoms with Crippen molar-refractivity contribution in [3.8, 4) is 11.5 Å². The normalized spacial score (nSPS) is 11.1. The van der Waals surface area contributed by atoms with Crippen LogP contribution in [0.1, 0.15) is 63.7 Å². The van der Waals surface area contributed by atoms with Crippen LogP contribution in [0.4, 0.5) is 11.6 Å². The molecule has 434 valence electrons. The van der Waals surface area contributed by atoms with Gasteiger partial charge in [-0.25, -0.2) is 18.7 Å². The zero-order valence-electron chi connectivity index (χ0n) is 45.3. The number of aromatic nitrogens is 6. The van der Waals surface area contributed by atoms with E-state index in [1.165, 1.54) is 60.7 Å². The SMILES string of the molecule is Cc1c(C(=O)c2ccc3c(=O)n(CC(=O)O)c(=O)[nH]c3c2)c2ccccn2c1NC(=O)c1cccc(OCC(=O)NCCNC(=O)COc2cccc(C(=O)Nc3c(C)c(C(=O)c4ccc5c(=O)n(CC(=O)O)c(=O)[nH]c5c4)c4ccccn34)c2)c1. The van der Waals surface area contributed by atoms with Crippen molar-refractivity contribution in [2.24, 2.45) is 0 Å². The van der Waals surface area contributed by atoms with Gasteiger partial charge in [0.05, 0.1) is 44.0 Å². The number of carbonyl (C=O) groups is 8. The first-order chi connectivity index (χ1) is 41.3. The molecule has 0 bridgehead atoms. The van der Waals surface area contributed by atoms with Gasteiger partial charge in [0, 0.05) is 58.9 Å². The first-order valence-electron chi connectivity index (χ1n) is 26.1. The third-order valence-electron chi connectivity index (χ3n) is 13.9. The van der Waals surface area contributed by atoms with Crippen molar-refractivity contribution in [3.63, 3.8) is 0 Å². The van der Waals surface area contributed by atoms with Crippen molar-refractivity contribution < 1.29 is 58.0 Å². The quantitative estimate of drug-likeness (QED) is 0.0376. The Morgan fingerprint density at radius 1 is 0.488 bits per heavy atom. The fraction of sp³-hybridized carbons (Fsp3) is 0.133. The van der Waals surface area contributed by atoms with Gasteiger partial charge in [0.25, 0.3) is 34.7 Å². The fourth-order valence-electron chi connectivity index (χ4n) is 9.80. The number of anilines is 2. The number of aromatic amines is 2. The summed E-state index contributed by atoms with van der Waals surface area (Å²) < 4.78 is 15.7. The van der Waals surface area contributed by atoms with E-state index in [0.717, 1.165) is 0 Å². The van der Waals surface area contributed by atoms with Crippen LogP contribution in [0.25, 0.3) is 32.8 Å². The summed E-state index contributed by atoms with van der Waals surface area (Å²) in [4.78, 5) is 160. The van der Waals surface area contributed by atoms with Crippen molar-refractivity contribution in [2.75, 3.05) is 36.9 Å². The molecule has 0 fully saturated rings. The Morgan fingerprint density at radius 3 is 1.29 bits per heavy atom. The van der Waals surface area contributed by atoms with Crippen LogP contribution in [-0.4, -0.2) is 112 Å². The van der Waals surface area contributed by atoms with Crippen LogP contribution >= 0.6 is 0 Å². The number of hydrogen-bond donors (Lipinski definition) is 8. The number of nitrogens with zero attached hydrogens (tertiary/aromatic N) is 4. The average Bonchev–Trinajstić information content (AvgIpc) is 1.83. The Labute approximate surface area is 481 Å². The summed E-state index contributed by atoms with van der Waals surface area (Å²) >= 11 is 0. The molecule has 8 N–H and O–H groups in total. The highest BCUT2D eigenvalue weighted by Crippen LogP contribution is 2.32. The molecular weight excluding hydrogens is 1120 g/mol. The third-order valence-corrected chi connectivity index (χ3v) is 13.9. The predicted octanol–water partition coefficient (Wildman–Crippen LogP) is 3.64. The number of fused-ring (bicyclic) bond motifs is 4. The van der Waals surface area contributed by atoms with Gasteiger partial charge >= 0.3 is 23.3 Å². The number of carboxylic acids is 2. The predicted molar refractivity (Wildman–Crippen MR) is 310 cm³/mol. The van der Waals surface area contributed by atoms with E-state index in [-0.39, 0.29) is 91.4 Å². The van der Waals surface area contributed by atoms with E-state index in [4.69, 9.17) is 19.7 Å². The van der Waals surface area contributed by atoms with Gasteiger partial charge in [-0.3, -0.25) is 47.9 Å². The standard InChI is InChI=1S/C60H48N10O16/c1-31-49(51(77)33-15-17-39-41(25-33)63-59(83)69(57(39)81)27-47(73)74)43-13-3-5-21-67(43)53(31)65-55(79)35-9-7-11-37(23-35)85-29-45(71)61-19-20-62-46(72)30-86-38-12-8-10-36(24-38)56(80)66-54-32(2)50(44-14-4-6-22-68(44)54)52(78)34-16-18-40-42(26-34)64-60(84)70(58(40)82)28-48(75)76/h3-18,21-26H,19-20,27-30H2,1-2H3,(H,61,71)(H,62,72)(H,63,83)(H,64,84)(H,65,79)(H,66,80)(H,73,74)(H,75,76). The molecule has 0 spiro atoms. The second-order valence-corrected chi connectivity index (χ2v) is 19.5. The summed E-state index contributed by atoms with van der Waals surface area (Å²) in [7, 11) is 0. The molecule has 4 amide bonds. The molecule has 0 saturated carbocycles. The summed E-state index contributed by atoms with van der Waals surface area (Å²) in [5.74, 6) is -5.05. The van der Waals surface area contributed by atoms with E-state index < -0.39 is 95.9 Å². The molecule has 6 heterocycles. The number of carbonyl (C=O) groups excluding carboxylic acids is 6. The van der Waals surface area contributed by atoms with Crippen molar-refractivity contribution in [1.82, 2.24) is 38.5 Å². The maximum absolute atomic E-state index is 14.1. The lowest BCUT2D eigenvalue weighted by Crippen LogP contribution is -2.38. The Bertz CT molecular complexity index is 4480. The number of benzene rings is 4. The smallest absolute Gasteiger partial charge is 0.329 e. The lowest BCUT2D eigenvalue weighted by Gasteiger charge is -2.11. The monoisotopic (exact) mass is 1160 g/mol. The zero-order chi connectivity index (χ0) is 61.1. The molecule has 10 aromatic rings. The molecule has 10 rings (SSSR count). The molecular formula is C60H48N10O16. The molecule has 0 unspecified atom stereocenters.